The van der Waals surface area contributed by atoms with Crippen LogP contribution in [-0.4, -0.2) is 18.5 Å². The number of aryl methyl sites for hydroxylation is 1. The predicted octanol–water partition coefficient (Wildman–Crippen LogP) is 3.13. The number of amides is 1. The van der Waals surface area contributed by atoms with Gasteiger partial charge in [-0.05, 0) is 50.8 Å². The van der Waals surface area contributed by atoms with Gasteiger partial charge in [0.25, 0.3) is 0 Å². The maximum atomic E-state index is 12.0. The van der Waals surface area contributed by atoms with Crippen molar-refractivity contribution < 1.29 is 4.79 Å². The molecule has 2 unspecified atom stereocenters. The summed E-state index contributed by atoms with van der Waals surface area (Å²) in [6, 6.07) is 8.84. The lowest BCUT2D eigenvalue weighted by molar-refractivity contribution is -0.121. The number of halogens is 1. The van der Waals surface area contributed by atoms with Crippen molar-refractivity contribution in [3.05, 3.63) is 35.4 Å². The van der Waals surface area contributed by atoms with Crippen LogP contribution in [0.25, 0.3) is 0 Å². The number of carbonyl (C=O) groups is 1. The van der Waals surface area contributed by atoms with Gasteiger partial charge in [-0.1, -0.05) is 24.3 Å². The summed E-state index contributed by atoms with van der Waals surface area (Å²) in [4.78, 5) is 12.0. The van der Waals surface area contributed by atoms with Crippen molar-refractivity contribution in [1.29, 1.82) is 0 Å². The first kappa shape index (κ1) is 17.0. The van der Waals surface area contributed by atoms with E-state index in [1.165, 1.54) is 24.0 Å². The summed E-state index contributed by atoms with van der Waals surface area (Å²) in [6.45, 7) is 5.24. The molecule has 4 heteroatoms. The second-order valence-electron chi connectivity index (χ2n) is 5.48. The van der Waals surface area contributed by atoms with Gasteiger partial charge in [0.05, 0.1) is 6.04 Å². The topological polar surface area (TPSA) is 41.1 Å². The van der Waals surface area contributed by atoms with E-state index in [4.69, 9.17) is 0 Å². The highest BCUT2D eigenvalue weighted by Crippen LogP contribution is 2.17. The highest BCUT2D eigenvalue weighted by atomic mass is 35.5. The first-order chi connectivity index (χ1) is 9.16. The summed E-state index contributed by atoms with van der Waals surface area (Å²) < 4.78 is 0. The van der Waals surface area contributed by atoms with Crippen LogP contribution in [0.1, 0.15) is 49.8 Å². The molecular weight excluding hydrogens is 272 g/mol. The monoisotopic (exact) mass is 296 g/mol. The SMILES string of the molecule is Cc1ccccc1C(C)NC(=O)CCC1CCCN1.Cl. The fourth-order valence-electron chi connectivity index (χ4n) is 2.77. The molecule has 1 aliphatic heterocycles. The first-order valence-electron chi connectivity index (χ1n) is 7.25. The lowest BCUT2D eigenvalue weighted by Gasteiger charge is -2.17. The third-order valence-corrected chi connectivity index (χ3v) is 3.91. The summed E-state index contributed by atoms with van der Waals surface area (Å²) >= 11 is 0. The molecule has 2 rings (SSSR count). The second kappa shape index (κ2) is 8.28. The zero-order valence-corrected chi connectivity index (χ0v) is 13.1. The molecular formula is C16H25ClN2O. The normalized spacial score (nSPS) is 19.2. The van der Waals surface area contributed by atoms with Gasteiger partial charge in [-0.2, -0.15) is 0 Å². The van der Waals surface area contributed by atoms with Gasteiger partial charge in [0.1, 0.15) is 0 Å². The van der Waals surface area contributed by atoms with Crippen molar-refractivity contribution in [2.45, 2.75) is 51.6 Å². The van der Waals surface area contributed by atoms with Crippen LogP contribution in [0.4, 0.5) is 0 Å². The fourth-order valence-corrected chi connectivity index (χ4v) is 2.77. The van der Waals surface area contributed by atoms with Crippen LogP contribution >= 0.6 is 12.4 Å². The van der Waals surface area contributed by atoms with Crippen LogP contribution in [0, 0.1) is 6.92 Å². The van der Waals surface area contributed by atoms with Crippen LogP contribution in [0.3, 0.4) is 0 Å². The molecule has 20 heavy (non-hydrogen) atoms. The van der Waals surface area contributed by atoms with Gasteiger partial charge in [0, 0.05) is 12.5 Å². The number of hydrogen-bond donors (Lipinski definition) is 2. The van der Waals surface area contributed by atoms with E-state index in [9.17, 15) is 4.79 Å². The molecule has 0 saturated carbocycles. The Labute approximate surface area is 127 Å². The molecule has 0 radical (unpaired) electrons. The van der Waals surface area contributed by atoms with E-state index >= 15 is 0 Å². The number of nitrogens with one attached hydrogen (secondary N) is 2. The Morgan fingerprint density at radius 1 is 1.45 bits per heavy atom. The molecule has 2 atom stereocenters. The predicted molar refractivity (Wildman–Crippen MR) is 85.2 cm³/mol. The average Bonchev–Trinajstić information content (AvgIpc) is 2.90. The number of rotatable bonds is 5. The highest BCUT2D eigenvalue weighted by Gasteiger charge is 2.16. The van der Waals surface area contributed by atoms with Crippen molar-refractivity contribution in [1.82, 2.24) is 10.6 Å². The van der Waals surface area contributed by atoms with Crippen LogP contribution in [-0.2, 0) is 4.79 Å². The number of hydrogen-bond acceptors (Lipinski definition) is 2. The maximum Gasteiger partial charge on any atom is 0.220 e. The zero-order chi connectivity index (χ0) is 13.7. The Morgan fingerprint density at radius 2 is 2.20 bits per heavy atom. The van der Waals surface area contributed by atoms with E-state index in [2.05, 4.69) is 29.7 Å². The van der Waals surface area contributed by atoms with Crippen molar-refractivity contribution in [3.63, 3.8) is 0 Å². The van der Waals surface area contributed by atoms with Gasteiger partial charge in [-0.3, -0.25) is 4.79 Å². The number of benzene rings is 1. The Balaban J connectivity index is 0.00000200. The van der Waals surface area contributed by atoms with Crippen molar-refractivity contribution in [3.8, 4) is 0 Å². The summed E-state index contributed by atoms with van der Waals surface area (Å²) in [5.41, 5.74) is 2.43. The lowest BCUT2D eigenvalue weighted by atomic mass is 10.0. The third-order valence-electron chi connectivity index (χ3n) is 3.91. The molecule has 1 amide bonds. The summed E-state index contributed by atoms with van der Waals surface area (Å²) in [5, 5.41) is 6.52. The standard InChI is InChI=1S/C16H24N2O.ClH/c1-12-6-3-4-8-15(12)13(2)18-16(19)10-9-14-7-5-11-17-14;/h3-4,6,8,13-14,17H,5,7,9-11H2,1-2H3,(H,18,19);1H. The maximum absolute atomic E-state index is 12.0. The largest absolute Gasteiger partial charge is 0.350 e. The quantitative estimate of drug-likeness (QED) is 0.876. The zero-order valence-electron chi connectivity index (χ0n) is 12.3. The van der Waals surface area contributed by atoms with Gasteiger partial charge in [0.2, 0.25) is 5.91 Å². The molecule has 1 fully saturated rings. The summed E-state index contributed by atoms with van der Waals surface area (Å²) in [5.74, 6) is 0.157. The van der Waals surface area contributed by atoms with Crippen LogP contribution in [0.15, 0.2) is 24.3 Å². The van der Waals surface area contributed by atoms with Gasteiger partial charge in [-0.15, -0.1) is 12.4 Å². The molecule has 0 aromatic heterocycles. The smallest absolute Gasteiger partial charge is 0.220 e. The minimum Gasteiger partial charge on any atom is -0.350 e. The van der Waals surface area contributed by atoms with E-state index in [0.717, 1.165) is 13.0 Å². The molecule has 0 aliphatic carbocycles. The van der Waals surface area contributed by atoms with E-state index in [0.29, 0.717) is 12.5 Å². The van der Waals surface area contributed by atoms with E-state index < -0.39 is 0 Å². The van der Waals surface area contributed by atoms with Gasteiger partial charge in [0.15, 0.2) is 0 Å². The highest BCUT2D eigenvalue weighted by molar-refractivity contribution is 5.85. The Hall–Kier alpha value is -1.06. The molecule has 2 N–H and O–H groups in total. The average molecular weight is 297 g/mol. The molecule has 0 spiro atoms. The van der Waals surface area contributed by atoms with Gasteiger partial charge < -0.3 is 10.6 Å². The first-order valence-corrected chi connectivity index (χ1v) is 7.25. The summed E-state index contributed by atoms with van der Waals surface area (Å²) in [6.07, 6.45) is 4.02. The molecule has 1 aromatic rings. The second-order valence-corrected chi connectivity index (χ2v) is 5.48. The minimum absolute atomic E-state index is 0. The van der Waals surface area contributed by atoms with Crippen molar-refractivity contribution >= 4 is 18.3 Å². The Morgan fingerprint density at radius 3 is 2.85 bits per heavy atom. The van der Waals surface area contributed by atoms with Crippen LogP contribution in [0.5, 0.6) is 0 Å². The molecule has 3 nitrogen and oxygen atoms in total. The van der Waals surface area contributed by atoms with Gasteiger partial charge in [-0.25, -0.2) is 0 Å². The lowest BCUT2D eigenvalue weighted by Crippen LogP contribution is -2.29. The Bertz CT molecular complexity index is 430. The molecule has 1 aromatic carbocycles. The number of carbonyl (C=O) groups excluding carboxylic acids is 1. The molecule has 112 valence electrons. The van der Waals surface area contributed by atoms with E-state index in [1.54, 1.807) is 0 Å². The van der Waals surface area contributed by atoms with E-state index in [1.807, 2.05) is 19.1 Å². The van der Waals surface area contributed by atoms with Gasteiger partial charge >= 0.3 is 0 Å². The van der Waals surface area contributed by atoms with E-state index in [-0.39, 0.29) is 24.4 Å². The van der Waals surface area contributed by atoms with Crippen molar-refractivity contribution in [2.24, 2.45) is 0 Å². The minimum atomic E-state index is 0. The molecule has 1 saturated heterocycles. The fraction of sp³-hybridized carbons (Fsp3) is 0.562. The summed E-state index contributed by atoms with van der Waals surface area (Å²) in [7, 11) is 0. The van der Waals surface area contributed by atoms with Crippen LogP contribution in [0.2, 0.25) is 0 Å². The molecule has 1 aliphatic rings. The molecule has 0 bridgehead atoms. The molecule has 1 heterocycles. The van der Waals surface area contributed by atoms with Crippen molar-refractivity contribution in [2.75, 3.05) is 6.54 Å². The van der Waals surface area contributed by atoms with Crippen LogP contribution < -0.4 is 10.6 Å². The third kappa shape index (κ3) is 4.80. The Kier molecular flexibility index (Phi) is 7.03.